The van der Waals surface area contributed by atoms with Crippen LogP contribution >= 0.6 is 0 Å². The Labute approximate surface area is 163 Å². The van der Waals surface area contributed by atoms with Crippen molar-refractivity contribution in [1.82, 2.24) is 5.32 Å². The number of carbonyl (C=O) groups is 2. The Hall–Kier alpha value is -2.38. The number of aliphatic hydroxyl groups is 1. The minimum atomic E-state index is -1.20. The van der Waals surface area contributed by atoms with E-state index in [0.29, 0.717) is 29.9 Å². The molecule has 2 fully saturated rings. The first-order valence-corrected chi connectivity index (χ1v) is 9.60. The SMILES string of the molecule is COc1ccc2c(c1)N(C)C(=O)C21CC2NC1CC1C(C=O)=C(C)OCC21O. The van der Waals surface area contributed by atoms with E-state index in [0.717, 1.165) is 17.5 Å². The maximum atomic E-state index is 13.5. The first kappa shape index (κ1) is 17.7. The molecule has 1 amide bonds. The lowest BCUT2D eigenvalue weighted by Crippen LogP contribution is -2.64. The number of likely N-dealkylation sites (N-methyl/N-ethyl adjacent to an activating group) is 1. The van der Waals surface area contributed by atoms with Crippen molar-refractivity contribution in [1.29, 1.82) is 0 Å². The molecule has 0 aliphatic carbocycles. The van der Waals surface area contributed by atoms with Crippen LogP contribution in [0.5, 0.6) is 5.75 Å². The second-order valence-corrected chi connectivity index (χ2v) is 8.39. The van der Waals surface area contributed by atoms with Crippen LogP contribution in [0.15, 0.2) is 29.5 Å². The summed E-state index contributed by atoms with van der Waals surface area (Å²) in [6.45, 7) is 1.89. The first-order valence-electron chi connectivity index (χ1n) is 9.60. The van der Waals surface area contributed by atoms with E-state index in [4.69, 9.17) is 9.47 Å². The maximum absolute atomic E-state index is 13.5. The monoisotopic (exact) mass is 384 g/mol. The van der Waals surface area contributed by atoms with Crippen LogP contribution in [0.25, 0.3) is 0 Å². The number of benzene rings is 1. The van der Waals surface area contributed by atoms with Crippen LogP contribution in [0.2, 0.25) is 0 Å². The number of aldehydes is 1. The van der Waals surface area contributed by atoms with Gasteiger partial charge in [-0.2, -0.15) is 0 Å². The number of amides is 1. The summed E-state index contributed by atoms with van der Waals surface area (Å²) in [6, 6.07) is 5.24. The largest absolute Gasteiger partial charge is 0.497 e. The van der Waals surface area contributed by atoms with E-state index in [1.807, 2.05) is 18.2 Å². The summed E-state index contributed by atoms with van der Waals surface area (Å²) in [5.74, 6) is 0.953. The molecule has 28 heavy (non-hydrogen) atoms. The molecule has 7 nitrogen and oxygen atoms in total. The second kappa shape index (κ2) is 5.58. The van der Waals surface area contributed by atoms with Gasteiger partial charge >= 0.3 is 0 Å². The number of methoxy groups -OCH3 is 1. The lowest BCUT2D eigenvalue weighted by molar-refractivity contribution is -0.124. The van der Waals surface area contributed by atoms with E-state index in [1.165, 1.54) is 0 Å². The van der Waals surface area contributed by atoms with Gasteiger partial charge in [0, 0.05) is 36.7 Å². The average molecular weight is 384 g/mol. The Morgan fingerprint density at radius 3 is 2.89 bits per heavy atom. The lowest BCUT2D eigenvalue weighted by atomic mass is 9.71. The standard InChI is InChI=1S/C21H24N2O5/c1-11-13(9-24)15-7-17-20(8-18(22-17)21(15,26)10-28-11)14-5-4-12(27-3)6-16(14)23(2)19(20)25/h4-6,9,15,17-18,22,26H,7-8,10H2,1-3H3. The third-order valence-corrected chi connectivity index (χ3v) is 7.36. The molecule has 1 spiro atoms. The van der Waals surface area contributed by atoms with E-state index < -0.39 is 11.0 Å². The number of piperidine rings is 1. The fraction of sp³-hybridized carbons (Fsp3) is 0.524. The molecule has 5 atom stereocenters. The molecule has 1 aromatic rings. The summed E-state index contributed by atoms with van der Waals surface area (Å²) in [7, 11) is 3.39. The quantitative estimate of drug-likeness (QED) is 0.737. The number of ether oxygens (including phenoxy) is 2. The molecule has 2 saturated heterocycles. The number of hydrogen-bond donors (Lipinski definition) is 2. The van der Waals surface area contributed by atoms with Crippen molar-refractivity contribution in [2.24, 2.45) is 5.92 Å². The molecule has 7 heteroatoms. The molecule has 0 aromatic heterocycles. The molecule has 5 rings (SSSR count). The molecule has 0 radical (unpaired) electrons. The Bertz CT molecular complexity index is 927. The topological polar surface area (TPSA) is 88.1 Å². The summed E-state index contributed by atoms with van der Waals surface area (Å²) >= 11 is 0. The van der Waals surface area contributed by atoms with Crippen LogP contribution in [0, 0.1) is 5.92 Å². The number of nitrogens with zero attached hydrogens (tertiary/aromatic N) is 1. The van der Waals surface area contributed by atoms with Gasteiger partial charge in [-0.15, -0.1) is 0 Å². The highest BCUT2D eigenvalue weighted by atomic mass is 16.5. The molecule has 5 unspecified atom stereocenters. The van der Waals surface area contributed by atoms with Crippen LogP contribution in [0.1, 0.15) is 25.3 Å². The summed E-state index contributed by atoms with van der Waals surface area (Å²) in [5, 5.41) is 15.0. The van der Waals surface area contributed by atoms with Crippen molar-refractivity contribution in [3.8, 4) is 5.75 Å². The molecule has 2 N–H and O–H groups in total. The first-order chi connectivity index (χ1) is 13.4. The van der Waals surface area contributed by atoms with Crippen molar-refractivity contribution in [2.75, 3.05) is 25.7 Å². The Balaban J connectivity index is 1.64. The highest BCUT2D eigenvalue weighted by Gasteiger charge is 2.68. The predicted octanol–water partition coefficient (Wildman–Crippen LogP) is 0.894. The zero-order valence-corrected chi connectivity index (χ0v) is 16.2. The van der Waals surface area contributed by atoms with E-state index >= 15 is 0 Å². The zero-order chi connectivity index (χ0) is 19.8. The second-order valence-electron chi connectivity index (χ2n) is 8.39. The highest BCUT2D eigenvalue weighted by molar-refractivity contribution is 6.09. The number of nitrogens with one attached hydrogen (secondary N) is 1. The lowest BCUT2D eigenvalue weighted by Gasteiger charge is -2.47. The molecule has 148 valence electrons. The van der Waals surface area contributed by atoms with Gasteiger partial charge in [-0.3, -0.25) is 9.59 Å². The zero-order valence-electron chi connectivity index (χ0n) is 16.2. The summed E-state index contributed by atoms with van der Waals surface area (Å²) in [4.78, 5) is 26.9. The predicted molar refractivity (Wildman–Crippen MR) is 101 cm³/mol. The van der Waals surface area contributed by atoms with Gasteiger partial charge in [0.25, 0.3) is 0 Å². The fourth-order valence-corrected chi connectivity index (χ4v) is 5.85. The van der Waals surface area contributed by atoms with Crippen molar-refractivity contribution in [3.05, 3.63) is 35.1 Å². The summed E-state index contributed by atoms with van der Waals surface area (Å²) in [6.07, 6.45) is 1.78. The summed E-state index contributed by atoms with van der Waals surface area (Å²) < 4.78 is 11.0. The Morgan fingerprint density at radius 2 is 2.18 bits per heavy atom. The van der Waals surface area contributed by atoms with Crippen LogP contribution in [-0.2, 0) is 19.7 Å². The Kier molecular flexibility index (Phi) is 3.53. The third kappa shape index (κ3) is 1.91. The molecule has 1 aromatic carbocycles. The number of fused-ring (bicyclic) bond motifs is 7. The minimum absolute atomic E-state index is 0.0206. The van der Waals surface area contributed by atoms with Gasteiger partial charge in [-0.1, -0.05) is 6.07 Å². The van der Waals surface area contributed by atoms with Crippen molar-refractivity contribution < 1.29 is 24.2 Å². The van der Waals surface area contributed by atoms with Crippen LogP contribution in [0.4, 0.5) is 5.69 Å². The van der Waals surface area contributed by atoms with Crippen molar-refractivity contribution in [2.45, 2.75) is 42.9 Å². The van der Waals surface area contributed by atoms with E-state index in [9.17, 15) is 14.7 Å². The third-order valence-electron chi connectivity index (χ3n) is 7.36. The number of carbonyl (C=O) groups excluding carboxylic acids is 2. The fourth-order valence-electron chi connectivity index (χ4n) is 5.85. The van der Waals surface area contributed by atoms with Gasteiger partial charge in [0.2, 0.25) is 5.91 Å². The van der Waals surface area contributed by atoms with E-state index in [2.05, 4.69) is 5.32 Å². The molecule has 0 saturated carbocycles. The molecule has 4 heterocycles. The van der Waals surface area contributed by atoms with E-state index in [-0.39, 0.29) is 30.5 Å². The van der Waals surface area contributed by atoms with Gasteiger partial charge in [0.05, 0.1) is 24.0 Å². The average Bonchev–Trinajstić information content (AvgIpc) is 3.14. The molecule has 2 bridgehead atoms. The number of allylic oxidation sites excluding steroid dienone is 1. The van der Waals surface area contributed by atoms with Crippen molar-refractivity contribution >= 4 is 17.9 Å². The van der Waals surface area contributed by atoms with Crippen LogP contribution in [-0.4, -0.2) is 55.7 Å². The number of hydrogen-bond acceptors (Lipinski definition) is 6. The van der Waals surface area contributed by atoms with Gasteiger partial charge in [0.15, 0.2) is 0 Å². The maximum Gasteiger partial charge on any atom is 0.239 e. The van der Waals surface area contributed by atoms with Gasteiger partial charge in [-0.05, 0) is 31.4 Å². The van der Waals surface area contributed by atoms with Gasteiger partial charge in [-0.25, -0.2) is 0 Å². The van der Waals surface area contributed by atoms with Gasteiger partial charge < -0.3 is 24.8 Å². The minimum Gasteiger partial charge on any atom is -0.497 e. The molecule has 4 aliphatic heterocycles. The molecular formula is C21H24N2O5. The van der Waals surface area contributed by atoms with Crippen LogP contribution < -0.4 is 15.0 Å². The van der Waals surface area contributed by atoms with Gasteiger partial charge in [0.1, 0.15) is 24.2 Å². The van der Waals surface area contributed by atoms with Crippen LogP contribution in [0.3, 0.4) is 0 Å². The normalized spacial score (nSPS) is 38.4. The highest BCUT2D eigenvalue weighted by Crippen LogP contribution is 2.57. The number of rotatable bonds is 2. The molecule has 4 aliphatic rings. The smallest absolute Gasteiger partial charge is 0.239 e. The summed E-state index contributed by atoms with van der Waals surface area (Å²) in [5.41, 5.74) is 0.348. The van der Waals surface area contributed by atoms with E-state index in [1.54, 1.807) is 26.0 Å². The Morgan fingerprint density at radius 1 is 1.39 bits per heavy atom. The number of anilines is 1. The van der Waals surface area contributed by atoms with Crippen molar-refractivity contribution in [3.63, 3.8) is 0 Å². The molecular weight excluding hydrogens is 360 g/mol.